The number of anilines is 2. The molecular formula is C20H14FN3O4. The van der Waals surface area contributed by atoms with Crippen LogP contribution in [0.3, 0.4) is 0 Å². The summed E-state index contributed by atoms with van der Waals surface area (Å²) in [5, 5.41) is 16.1. The van der Waals surface area contributed by atoms with Crippen LogP contribution in [0.25, 0.3) is 0 Å². The van der Waals surface area contributed by atoms with Gasteiger partial charge in [0, 0.05) is 17.4 Å². The number of hydrogen-bond donors (Lipinski definition) is 2. The van der Waals surface area contributed by atoms with Gasteiger partial charge in [-0.15, -0.1) is 0 Å². The van der Waals surface area contributed by atoms with E-state index in [1.807, 2.05) is 0 Å². The summed E-state index contributed by atoms with van der Waals surface area (Å²) in [5.74, 6) is -1.86. The predicted octanol–water partition coefficient (Wildman–Crippen LogP) is 4.24. The Morgan fingerprint density at radius 2 is 1.21 bits per heavy atom. The van der Waals surface area contributed by atoms with Gasteiger partial charge in [-0.2, -0.15) is 0 Å². The summed E-state index contributed by atoms with van der Waals surface area (Å²) in [4.78, 5) is 34.8. The molecule has 2 amide bonds. The molecule has 0 aliphatic heterocycles. The van der Waals surface area contributed by atoms with E-state index in [0.717, 1.165) is 0 Å². The topological polar surface area (TPSA) is 101 Å². The zero-order chi connectivity index (χ0) is 20.1. The van der Waals surface area contributed by atoms with Crippen LogP contribution in [0.5, 0.6) is 0 Å². The minimum atomic E-state index is -0.631. The van der Waals surface area contributed by atoms with E-state index in [2.05, 4.69) is 10.6 Å². The highest BCUT2D eigenvalue weighted by atomic mass is 19.1. The molecule has 2 N–H and O–H groups in total. The van der Waals surface area contributed by atoms with E-state index in [1.165, 1.54) is 66.7 Å². The smallest absolute Gasteiger partial charge is 0.282 e. The summed E-state index contributed by atoms with van der Waals surface area (Å²) in [6, 6.07) is 17.3. The molecule has 0 aromatic heterocycles. The van der Waals surface area contributed by atoms with Gasteiger partial charge in [0.2, 0.25) is 0 Å². The molecule has 0 saturated carbocycles. The van der Waals surface area contributed by atoms with E-state index in [1.54, 1.807) is 6.07 Å². The van der Waals surface area contributed by atoms with Crippen LogP contribution in [0.4, 0.5) is 21.5 Å². The lowest BCUT2D eigenvalue weighted by molar-refractivity contribution is -0.385. The van der Waals surface area contributed by atoms with Crippen LogP contribution >= 0.6 is 0 Å². The lowest BCUT2D eigenvalue weighted by Crippen LogP contribution is -2.15. The molecule has 0 aliphatic carbocycles. The van der Waals surface area contributed by atoms with Crippen molar-refractivity contribution in [3.8, 4) is 0 Å². The van der Waals surface area contributed by atoms with E-state index in [9.17, 15) is 24.1 Å². The van der Waals surface area contributed by atoms with Crippen LogP contribution in [0, 0.1) is 15.9 Å². The highest BCUT2D eigenvalue weighted by Crippen LogP contribution is 2.20. The molecule has 0 radical (unpaired) electrons. The number of benzene rings is 3. The van der Waals surface area contributed by atoms with Gasteiger partial charge in [-0.1, -0.05) is 24.3 Å². The van der Waals surface area contributed by atoms with Crippen molar-refractivity contribution in [2.45, 2.75) is 0 Å². The van der Waals surface area contributed by atoms with Crippen LogP contribution in [0.15, 0.2) is 72.8 Å². The fourth-order valence-corrected chi connectivity index (χ4v) is 2.50. The van der Waals surface area contributed by atoms with Gasteiger partial charge in [0.25, 0.3) is 17.5 Å². The molecule has 7 nitrogen and oxygen atoms in total. The second-order valence-electron chi connectivity index (χ2n) is 5.74. The number of rotatable bonds is 5. The van der Waals surface area contributed by atoms with E-state index in [-0.39, 0.29) is 16.8 Å². The molecule has 0 atom stereocenters. The first-order valence-corrected chi connectivity index (χ1v) is 8.16. The first-order chi connectivity index (χ1) is 13.5. The maximum Gasteiger partial charge on any atom is 0.282 e. The molecule has 8 heteroatoms. The number of carbonyl (C=O) groups excluding carboxylic acids is 2. The van der Waals surface area contributed by atoms with Gasteiger partial charge in [0.15, 0.2) is 0 Å². The summed E-state index contributed by atoms with van der Waals surface area (Å²) in [6.07, 6.45) is 0. The Bertz CT molecular complexity index is 1050. The largest absolute Gasteiger partial charge is 0.322 e. The van der Waals surface area contributed by atoms with Gasteiger partial charge in [-0.25, -0.2) is 4.39 Å². The first-order valence-electron chi connectivity index (χ1n) is 8.16. The number of nitrogens with zero attached hydrogens (tertiary/aromatic N) is 1. The van der Waals surface area contributed by atoms with Gasteiger partial charge in [0.05, 0.1) is 10.5 Å². The highest BCUT2D eigenvalue weighted by molar-refractivity contribution is 6.07. The van der Waals surface area contributed by atoms with Crippen molar-refractivity contribution in [2.75, 3.05) is 10.6 Å². The monoisotopic (exact) mass is 379 g/mol. The third-order valence-electron chi connectivity index (χ3n) is 3.86. The number of carbonyl (C=O) groups is 2. The average molecular weight is 379 g/mol. The van der Waals surface area contributed by atoms with E-state index in [0.29, 0.717) is 11.4 Å². The van der Waals surface area contributed by atoms with Crippen molar-refractivity contribution in [1.82, 2.24) is 0 Å². The van der Waals surface area contributed by atoms with Crippen LogP contribution in [-0.2, 0) is 0 Å². The third kappa shape index (κ3) is 4.18. The summed E-state index contributed by atoms with van der Waals surface area (Å²) < 4.78 is 13.6. The second-order valence-corrected chi connectivity index (χ2v) is 5.74. The number of para-hydroxylation sites is 1. The maximum absolute atomic E-state index is 13.6. The Morgan fingerprint density at radius 3 is 1.75 bits per heavy atom. The summed E-state index contributed by atoms with van der Waals surface area (Å²) in [7, 11) is 0. The summed E-state index contributed by atoms with van der Waals surface area (Å²) in [5.41, 5.74) is 0.332. The normalized spacial score (nSPS) is 10.2. The molecular weight excluding hydrogens is 365 g/mol. The summed E-state index contributed by atoms with van der Waals surface area (Å²) in [6.45, 7) is 0. The van der Waals surface area contributed by atoms with Gasteiger partial charge >= 0.3 is 0 Å². The number of halogens is 1. The fourth-order valence-electron chi connectivity index (χ4n) is 2.50. The quantitative estimate of drug-likeness (QED) is 0.511. The molecule has 3 rings (SSSR count). The molecule has 0 spiro atoms. The molecule has 140 valence electrons. The zero-order valence-electron chi connectivity index (χ0n) is 14.4. The first kappa shape index (κ1) is 18.7. The number of nitro groups is 1. The van der Waals surface area contributed by atoms with Gasteiger partial charge in [0.1, 0.15) is 11.4 Å². The average Bonchev–Trinajstić information content (AvgIpc) is 2.69. The number of hydrogen-bond acceptors (Lipinski definition) is 4. The number of nitro benzene ring substituents is 1. The second kappa shape index (κ2) is 8.09. The molecule has 0 bridgehead atoms. The SMILES string of the molecule is O=C(Nc1ccc(NC(=O)c2ccccc2[N+](=O)[O-])cc1)c1ccccc1F. The van der Waals surface area contributed by atoms with E-state index >= 15 is 0 Å². The predicted molar refractivity (Wildman–Crippen MR) is 102 cm³/mol. The minimum absolute atomic E-state index is 0.0653. The third-order valence-corrected chi connectivity index (χ3v) is 3.86. The van der Waals surface area contributed by atoms with Crippen LogP contribution < -0.4 is 10.6 Å². The van der Waals surface area contributed by atoms with Gasteiger partial charge in [-0.05, 0) is 42.5 Å². The molecule has 0 fully saturated rings. The van der Waals surface area contributed by atoms with Crippen molar-refractivity contribution >= 4 is 28.9 Å². The van der Waals surface area contributed by atoms with Gasteiger partial charge < -0.3 is 10.6 Å². The van der Waals surface area contributed by atoms with Crippen LogP contribution in [0.1, 0.15) is 20.7 Å². The van der Waals surface area contributed by atoms with Crippen LogP contribution in [0.2, 0.25) is 0 Å². The van der Waals surface area contributed by atoms with E-state index in [4.69, 9.17) is 0 Å². The Hall–Kier alpha value is -4.07. The standard InChI is InChI=1S/C20H14FN3O4/c21-17-7-3-1-5-15(17)19(25)22-13-9-11-14(12-10-13)23-20(26)16-6-2-4-8-18(16)24(27)28/h1-12H,(H,22,25)(H,23,26). The molecule has 0 aliphatic rings. The van der Waals surface area contributed by atoms with Crippen molar-refractivity contribution in [3.05, 3.63) is 99.9 Å². The number of nitrogens with one attached hydrogen (secondary N) is 2. The minimum Gasteiger partial charge on any atom is -0.322 e. The van der Waals surface area contributed by atoms with Gasteiger partial charge in [-0.3, -0.25) is 19.7 Å². The molecule has 28 heavy (non-hydrogen) atoms. The lowest BCUT2D eigenvalue weighted by atomic mass is 10.1. The Morgan fingerprint density at radius 1 is 0.750 bits per heavy atom. The highest BCUT2D eigenvalue weighted by Gasteiger charge is 2.19. The van der Waals surface area contributed by atoms with Crippen molar-refractivity contribution in [2.24, 2.45) is 0 Å². The molecule has 0 heterocycles. The van der Waals surface area contributed by atoms with Crippen LogP contribution in [-0.4, -0.2) is 16.7 Å². The van der Waals surface area contributed by atoms with Crippen molar-refractivity contribution in [3.63, 3.8) is 0 Å². The molecule has 0 saturated heterocycles. The Balaban J connectivity index is 1.70. The van der Waals surface area contributed by atoms with Crippen molar-refractivity contribution in [1.29, 1.82) is 0 Å². The lowest BCUT2D eigenvalue weighted by Gasteiger charge is -2.09. The molecule has 0 unspecified atom stereocenters. The van der Waals surface area contributed by atoms with Crippen molar-refractivity contribution < 1.29 is 18.9 Å². The van der Waals surface area contributed by atoms with E-state index < -0.39 is 22.6 Å². The fraction of sp³-hybridized carbons (Fsp3) is 0. The number of amides is 2. The zero-order valence-corrected chi connectivity index (χ0v) is 14.4. The Kier molecular flexibility index (Phi) is 5.40. The maximum atomic E-state index is 13.6. The molecule has 3 aromatic rings. The molecule has 3 aromatic carbocycles. The summed E-state index contributed by atoms with van der Waals surface area (Å²) >= 11 is 0. The Labute approximate surface area is 159 Å².